The first kappa shape index (κ1) is 9.46. The number of nitrogens with zero attached hydrogens (tertiary/aromatic N) is 1. The summed E-state index contributed by atoms with van der Waals surface area (Å²) >= 11 is 0. The third-order valence-electron chi connectivity index (χ3n) is 3.16. The maximum atomic E-state index is 3.35. The fourth-order valence-corrected chi connectivity index (χ4v) is 2.27. The fraction of sp³-hybridized carbons (Fsp3) is 0.200. The summed E-state index contributed by atoms with van der Waals surface area (Å²) in [6.45, 7) is 2.09. The van der Waals surface area contributed by atoms with Gasteiger partial charge in [0.05, 0.1) is 0 Å². The smallest absolute Gasteiger partial charge is 0.0438 e. The van der Waals surface area contributed by atoms with Crippen molar-refractivity contribution >= 4 is 5.69 Å². The molecule has 0 unspecified atom stereocenters. The first-order chi connectivity index (χ1) is 7.93. The Hall–Kier alpha value is -1.76. The van der Waals surface area contributed by atoms with Gasteiger partial charge in [0.1, 0.15) is 0 Å². The van der Waals surface area contributed by atoms with Gasteiger partial charge < -0.3 is 4.90 Å². The van der Waals surface area contributed by atoms with Crippen LogP contribution in [0, 0.1) is 6.07 Å². The van der Waals surface area contributed by atoms with Crippen molar-refractivity contribution in [3.8, 4) is 0 Å². The lowest BCUT2D eigenvalue weighted by molar-refractivity contribution is 0.731. The van der Waals surface area contributed by atoms with Gasteiger partial charge in [0.2, 0.25) is 0 Å². The van der Waals surface area contributed by atoms with Gasteiger partial charge in [0.15, 0.2) is 0 Å². The van der Waals surface area contributed by atoms with Gasteiger partial charge in [-0.25, -0.2) is 0 Å². The second-order valence-electron chi connectivity index (χ2n) is 4.18. The minimum Gasteiger partial charge on any atom is -0.367 e. The van der Waals surface area contributed by atoms with Crippen LogP contribution in [-0.4, -0.2) is 6.54 Å². The zero-order valence-corrected chi connectivity index (χ0v) is 9.19. The second-order valence-corrected chi connectivity index (χ2v) is 4.18. The van der Waals surface area contributed by atoms with Gasteiger partial charge in [0.25, 0.3) is 0 Å². The molecule has 2 aromatic carbocycles. The van der Waals surface area contributed by atoms with Gasteiger partial charge in [-0.2, -0.15) is 0 Å². The quantitative estimate of drug-likeness (QED) is 0.696. The van der Waals surface area contributed by atoms with Crippen LogP contribution in [-0.2, 0) is 13.0 Å². The third kappa shape index (κ3) is 1.69. The molecule has 1 aliphatic heterocycles. The van der Waals surface area contributed by atoms with Crippen LogP contribution >= 0.6 is 0 Å². The molecule has 0 N–H and O–H groups in total. The Morgan fingerprint density at radius 2 is 1.88 bits per heavy atom. The lowest BCUT2D eigenvalue weighted by Crippen LogP contribution is -2.30. The van der Waals surface area contributed by atoms with E-state index in [1.807, 2.05) is 6.07 Å². The van der Waals surface area contributed by atoms with Gasteiger partial charge in [0, 0.05) is 18.8 Å². The van der Waals surface area contributed by atoms with Crippen LogP contribution < -0.4 is 4.90 Å². The molecule has 0 saturated heterocycles. The molecule has 16 heavy (non-hydrogen) atoms. The van der Waals surface area contributed by atoms with Crippen molar-refractivity contribution in [2.75, 3.05) is 11.4 Å². The average molecular weight is 208 g/mol. The summed E-state index contributed by atoms with van der Waals surface area (Å²) in [5, 5.41) is 0. The highest BCUT2D eigenvalue weighted by Crippen LogP contribution is 2.23. The molecule has 1 heterocycles. The van der Waals surface area contributed by atoms with Crippen molar-refractivity contribution in [3.05, 3.63) is 65.7 Å². The van der Waals surface area contributed by atoms with Crippen molar-refractivity contribution in [3.63, 3.8) is 0 Å². The minimum atomic E-state index is 0.986. The van der Waals surface area contributed by atoms with Crippen molar-refractivity contribution in [1.82, 2.24) is 0 Å². The Bertz CT molecular complexity index is 476. The van der Waals surface area contributed by atoms with E-state index in [4.69, 9.17) is 0 Å². The average Bonchev–Trinajstić information content (AvgIpc) is 2.39. The summed E-state index contributed by atoms with van der Waals surface area (Å²) in [5.41, 5.74) is 4.11. The molecule has 1 heteroatoms. The third-order valence-corrected chi connectivity index (χ3v) is 3.16. The van der Waals surface area contributed by atoms with E-state index in [0.717, 1.165) is 19.5 Å². The molecule has 1 radical (unpaired) electrons. The van der Waals surface area contributed by atoms with E-state index in [1.54, 1.807) is 0 Å². The Morgan fingerprint density at radius 1 is 1.00 bits per heavy atom. The van der Waals surface area contributed by atoms with Gasteiger partial charge >= 0.3 is 0 Å². The minimum absolute atomic E-state index is 0.986. The van der Waals surface area contributed by atoms with Gasteiger partial charge in [-0.3, -0.25) is 0 Å². The van der Waals surface area contributed by atoms with Crippen LogP contribution in [0.15, 0.2) is 48.5 Å². The van der Waals surface area contributed by atoms with Gasteiger partial charge in [-0.15, -0.1) is 0 Å². The second kappa shape index (κ2) is 4.01. The maximum absolute atomic E-state index is 3.35. The molecule has 0 fully saturated rings. The zero-order chi connectivity index (χ0) is 10.8. The van der Waals surface area contributed by atoms with E-state index < -0.39 is 0 Å². The molecule has 2 aromatic rings. The Balaban J connectivity index is 1.89. The molecule has 0 spiro atoms. The first-order valence-corrected chi connectivity index (χ1v) is 5.72. The largest absolute Gasteiger partial charge is 0.367 e. The number of anilines is 1. The molecule has 0 aromatic heterocycles. The molecule has 0 saturated carbocycles. The molecule has 1 aliphatic rings. The molecule has 0 atom stereocenters. The molecule has 79 valence electrons. The van der Waals surface area contributed by atoms with Crippen molar-refractivity contribution in [2.24, 2.45) is 0 Å². The fourth-order valence-electron chi connectivity index (χ4n) is 2.27. The van der Waals surface area contributed by atoms with Gasteiger partial charge in [-0.05, 0) is 35.7 Å². The maximum Gasteiger partial charge on any atom is 0.0438 e. The van der Waals surface area contributed by atoms with Crippen molar-refractivity contribution < 1.29 is 0 Å². The van der Waals surface area contributed by atoms with E-state index in [0.29, 0.717) is 0 Å². The summed E-state index contributed by atoms with van der Waals surface area (Å²) in [4.78, 5) is 2.42. The van der Waals surface area contributed by atoms with Crippen LogP contribution in [0.25, 0.3) is 0 Å². The topological polar surface area (TPSA) is 3.24 Å². The highest BCUT2D eigenvalue weighted by atomic mass is 15.1. The summed E-state index contributed by atoms with van der Waals surface area (Å²) < 4.78 is 0. The summed E-state index contributed by atoms with van der Waals surface area (Å²) in [6.07, 6.45) is 1.13. The number of benzene rings is 2. The predicted octanol–water partition coefficient (Wildman–Crippen LogP) is 3.05. The Labute approximate surface area is 96.3 Å². The van der Waals surface area contributed by atoms with Crippen LogP contribution in [0.1, 0.15) is 11.1 Å². The standard InChI is InChI=1S/C15H14N/c1-2-8-15(9-3-1)16-11-10-13-6-4-5-7-14(13)12-16/h1-6,8-9H,10-12H2. The van der Waals surface area contributed by atoms with E-state index in [2.05, 4.69) is 53.4 Å². The number of para-hydroxylation sites is 1. The molecular formula is C15H14N. The first-order valence-electron chi connectivity index (χ1n) is 5.72. The lowest BCUT2D eigenvalue weighted by Gasteiger charge is -2.30. The van der Waals surface area contributed by atoms with Crippen LogP contribution in [0.5, 0.6) is 0 Å². The highest BCUT2D eigenvalue weighted by molar-refractivity contribution is 5.49. The summed E-state index contributed by atoms with van der Waals surface area (Å²) in [7, 11) is 0. The normalized spacial score (nSPS) is 14.6. The van der Waals surface area contributed by atoms with Crippen LogP contribution in [0.2, 0.25) is 0 Å². The van der Waals surface area contributed by atoms with Gasteiger partial charge in [-0.1, -0.05) is 36.4 Å². The van der Waals surface area contributed by atoms with E-state index in [1.165, 1.54) is 16.8 Å². The molecule has 3 rings (SSSR count). The summed E-state index contributed by atoms with van der Waals surface area (Å²) in [6, 6.07) is 20.3. The predicted molar refractivity (Wildman–Crippen MR) is 66.5 cm³/mol. The molecular weight excluding hydrogens is 194 g/mol. The monoisotopic (exact) mass is 208 g/mol. The van der Waals surface area contributed by atoms with E-state index >= 15 is 0 Å². The number of hydrogen-bond acceptors (Lipinski definition) is 1. The molecule has 0 amide bonds. The van der Waals surface area contributed by atoms with Crippen molar-refractivity contribution in [1.29, 1.82) is 0 Å². The molecule has 0 bridgehead atoms. The number of hydrogen-bond donors (Lipinski definition) is 0. The number of rotatable bonds is 1. The van der Waals surface area contributed by atoms with E-state index in [-0.39, 0.29) is 0 Å². The SMILES string of the molecule is [c]1cccc2c1CN(c1ccccc1)CC2. The summed E-state index contributed by atoms with van der Waals surface area (Å²) in [5.74, 6) is 0. The van der Waals surface area contributed by atoms with Crippen LogP contribution in [0.4, 0.5) is 5.69 Å². The van der Waals surface area contributed by atoms with Crippen molar-refractivity contribution in [2.45, 2.75) is 13.0 Å². The Morgan fingerprint density at radius 3 is 2.75 bits per heavy atom. The number of fused-ring (bicyclic) bond motifs is 1. The molecule has 0 aliphatic carbocycles. The van der Waals surface area contributed by atoms with E-state index in [9.17, 15) is 0 Å². The van der Waals surface area contributed by atoms with Crippen LogP contribution in [0.3, 0.4) is 0 Å². The lowest BCUT2D eigenvalue weighted by atomic mass is 9.99. The highest BCUT2D eigenvalue weighted by Gasteiger charge is 2.15. The Kier molecular flexibility index (Phi) is 2.37. The molecule has 1 nitrogen and oxygen atoms in total. The zero-order valence-electron chi connectivity index (χ0n) is 9.19.